The Labute approximate surface area is 590 Å². The molecule has 0 aliphatic carbocycles. The van der Waals surface area contributed by atoms with Gasteiger partial charge in [-0.25, -0.2) is 43.1 Å². The number of aromatic nitrogens is 11. The van der Waals surface area contributed by atoms with Crippen molar-refractivity contribution >= 4 is 89.2 Å². The van der Waals surface area contributed by atoms with Crippen molar-refractivity contribution in [2.24, 2.45) is 11.5 Å². The third kappa shape index (κ3) is 20.6. The number of rotatable bonds is 21. The number of nitrogen functional groups attached to an aromatic ring is 2. The number of pyridine rings is 2. The molecule has 104 heavy (non-hydrogen) atoms. The maximum Gasteiger partial charge on any atom is 0.478 e. The Balaban J connectivity index is 0.000000194. The minimum atomic E-state index is -5.58. The number of hydrogen-bond acceptors (Lipinski definition) is 34. The molecule has 14 N–H and O–H groups in total. The molecule has 11 heterocycles. The first-order valence-electron chi connectivity index (χ1n) is 31.6. The zero-order valence-corrected chi connectivity index (χ0v) is 60.0. The van der Waals surface area contributed by atoms with Gasteiger partial charge in [0.1, 0.15) is 70.8 Å². The summed E-state index contributed by atoms with van der Waals surface area (Å²) in [4.78, 5) is 122. The number of hydrogen-bond donors (Lipinski definition) is 10. The van der Waals surface area contributed by atoms with Crippen molar-refractivity contribution in [3.8, 4) is 0 Å². The lowest BCUT2D eigenvalue weighted by Gasteiger charge is -2.37. The van der Waals surface area contributed by atoms with Gasteiger partial charge in [0.25, 0.3) is 27.5 Å². The van der Waals surface area contributed by atoms with E-state index in [4.69, 9.17) is 65.1 Å². The molecule has 6 aromatic rings. The van der Waals surface area contributed by atoms with Crippen LogP contribution in [0.3, 0.4) is 0 Å². The van der Waals surface area contributed by atoms with Crippen LogP contribution < -0.4 is 46.7 Å². The van der Waals surface area contributed by atoms with Crippen molar-refractivity contribution in [3.63, 3.8) is 0 Å². The summed E-state index contributed by atoms with van der Waals surface area (Å²) in [5, 5.41) is 52.5. The third-order valence-electron chi connectivity index (χ3n) is 16.2. The average molecular weight is 1550 g/mol. The van der Waals surface area contributed by atoms with E-state index in [1.54, 1.807) is 87.5 Å². The Morgan fingerprint density at radius 1 is 0.625 bits per heavy atom. The molecule has 0 saturated carbocycles. The number of primary amides is 2. The molecule has 4 amide bonds. The average Bonchev–Trinajstić information content (AvgIpc) is 1.63. The molecule has 0 radical (unpaired) electrons. The SMILES string of the molecule is CC(C)(C)OC(=O)N1C[C@@H]([n+]2cccc(C(N)=O)c2)C[C@H]1COP(=O)([O-])O.CC(C)(C)OC(=O)N1C[C@@H]([n+]2cccc(C(N)=O)c2)C[C@H]1COP(=O)([O-])OP(=O)(O)OC[C@H]1O[C@@H](n2cnc3c(N)nnnc32)[C@H](O)[C@@H]1O.Nc1ncnc2c1ncn2[C@@H]1O[C@H](COP(=O)([O-])N2CCOCC2)[C@@H](O)[C@H]1O. The second kappa shape index (κ2) is 32.8. The van der Waals surface area contributed by atoms with Crippen LogP contribution in [0.5, 0.6) is 0 Å². The van der Waals surface area contributed by atoms with E-state index < -0.39 is 160 Å². The van der Waals surface area contributed by atoms with Gasteiger partial charge >= 0.3 is 20.0 Å². The summed E-state index contributed by atoms with van der Waals surface area (Å²) in [5.74, 6) is -1.15. The predicted molar refractivity (Wildman–Crippen MR) is 342 cm³/mol. The minimum absolute atomic E-state index is 0.0315. The summed E-state index contributed by atoms with van der Waals surface area (Å²) in [6, 6.07) is 4.04. The molecule has 0 aromatic carbocycles. The Morgan fingerprint density at radius 3 is 1.58 bits per heavy atom. The van der Waals surface area contributed by atoms with Gasteiger partial charge < -0.3 is 105 Å². The molecule has 6 aromatic heterocycles. The van der Waals surface area contributed by atoms with Crippen molar-refractivity contribution in [2.75, 3.05) is 77.3 Å². The zero-order valence-electron chi connectivity index (χ0n) is 56.4. The second-order valence-electron chi connectivity index (χ2n) is 26.0. The van der Waals surface area contributed by atoms with Gasteiger partial charge in [0.05, 0.1) is 77.5 Å². The maximum absolute atomic E-state index is 13.0. The molecule has 16 atom stereocenters. The number of phosphoric acid groups is 3. The minimum Gasteiger partial charge on any atom is -0.766 e. The summed E-state index contributed by atoms with van der Waals surface area (Å²) in [5.41, 5.74) is 21.9. The number of nitrogens with zero attached hydrogens (tertiary/aromatic N) is 14. The van der Waals surface area contributed by atoms with Crippen LogP contribution in [0, 0.1) is 0 Å². The van der Waals surface area contributed by atoms with Crippen LogP contribution in [0.2, 0.25) is 0 Å². The fourth-order valence-electron chi connectivity index (χ4n) is 11.3. The van der Waals surface area contributed by atoms with Crippen LogP contribution in [0.15, 0.2) is 68.0 Å². The third-order valence-corrected chi connectivity index (χ3v) is 20.8. The number of anilines is 2. The number of aliphatic hydroxyl groups is 4. The molecule has 49 heteroatoms. The Kier molecular flexibility index (Phi) is 25.4. The number of carbonyl (C=O) groups excluding carboxylic acids is 4. The van der Waals surface area contributed by atoms with Crippen molar-refractivity contribution in [1.29, 1.82) is 0 Å². The standard InChI is InChI=1S/C25H35N9O13P2.C16H24N3O7P.C14H21N6O7P/c1-25(2,3)46-24(38)33-9-14(32-6-4-5-13(8-32)21(27)37)7-15(33)10-43-48(39,40)47-49(41,42)44-11-16-18(35)19(36)23(45-16)34-12-28-17-20(26)29-31-30-22(17)34;1-16(2,3)26-15(21)19-9-12(7-13(19)10-25-27(22,23)24)18-6-4-5-11(8-18)14(17)20;15-12-9-13(17-6-16-12)20(7-18-9)14-11(22)10(21)8(27-14)5-26-28(23,24)19-1-3-25-4-2-19/h4-6,8,12,14-16,18-19,23,35-36H,7,9-11H2,1-3H3,(H5-,26,27,29,30,37,39,40,41,42);4-6,8,12-13H,7,9-10H2,1-3H3,(H3-,17,20,22,23,24);6-8,10-11,14,21-22H,1-5H2,(H,23,24)(H2,15,16,17)/p-1/t14-,15-,16+,18+,19+,23+;12-,13-;8-,10-,11-,14-/m001/s1. The number of fused-ring (bicyclic) bond motifs is 2. The van der Waals surface area contributed by atoms with Crippen molar-refractivity contribution in [2.45, 2.75) is 139 Å². The Bertz CT molecular complexity index is 4260. The van der Waals surface area contributed by atoms with E-state index in [1.165, 1.54) is 54.8 Å². The fraction of sp³-hybridized carbons (Fsp3) is 0.582. The van der Waals surface area contributed by atoms with Gasteiger partial charge in [0.2, 0.25) is 7.75 Å². The van der Waals surface area contributed by atoms with Crippen molar-refractivity contribution < 1.29 is 138 Å². The number of amides is 4. The van der Waals surface area contributed by atoms with Gasteiger partial charge in [-0.1, -0.05) is 0 Å². The molecule has 5 aliphatic rings. The number of likely N-dealkylation sites (tertiary alicyclic amines) is 2. The van der Waals surface area contributed by atoms with E-state index in [-0.39, 0.29) is 80.2 Å². The van der Waals surface area contributed by atoms with Crippen LogP contribution >= 0.6 is 31.2 Å². The van der Waals surface area contributed by atoms with Gasteiger partial charge in [0.15, 0.2) is 77.8 Å². The number of ether oxygens (including phenoxy) is 5. The molecule has 0 bridgehead atoms. The lowest BCUT2D eigenvalue weighted by Crippen LogP contribution is -2.44. The number of nitrogens with two attached hydrogens (primary N) is 4. The first-order chi connectivity index (χ1) is 48.6. The van der Waals surface area contributed by atoms with Crippen molar-refractivity contribution in [3.05, 3.63) is 79.2 Å². The van der Waals surface area contributed by atoms with Gasteiger partial charge in [-0.15, -0.1) is 10.2 Å². The molecule has 5 saturated heterocycles. The lowest BCUT2D eigenvalue weighted by molar-refractivity contribution is -0.719. The highest BCUT2D eigenvalue weighted by atomic mass is 31.3. The Hall–Kier alpha value is -7.39. The smallest absolute Gasteiger partial charge is 0.478 e. The van der Waals surface area contributed by atoms with Crippen LogP contribution in [0.1, 0.15) is 99.6 Å². The molecule has 11 rings (SSSR count). The number of aliphatic hydroxyl groups excluding tert-OH is 4. The largest absolute Gasteiger partial charge is 0.766 e. The highest BCUT2D eigenvalue weighted by Gasteiger charge is 2.49. The second-order valence-corrected chi connectivity index (χ2v) is 32.0. The highest BCUT2D eigenvalue weighted by molar-refractivity contribution is 7.60. The van der Waals surface area contributed by atoms with Gasteiger partial charge in [0, 0.05) is 38.1 Å². The molecular formula is C55H79N18O27P4-. The first-order valence-corrected chi connectivity index (χ1v) is 37.5. The topological polar surface area (TPSA) is 641 Å². The van der Waals surface area contributed by atoms with Gasteiger partial charge in [-0.05, 0) is 58.9 Å². The fourth-order valence-corrected chi connectivity index (χ4v) is 14.9. The number of carbonyl (C=O) groups is 4. The van der Waals surface area contributed by atoms with Crippen LogP contribution in [-0.4, -0.2) is 239 Å². The monoisotopic (exact) mass is 1550 g/mol. The zero-order chi connectivity index (χ0) is 76.2. The summed E-state index contributed by atoms with van der Waals surface area (Å²) >= 11 is 0. The van der Waals surface area contributed by atoms with E-state index in [1.807, 2.05) is 0 Å². The predicted octanol–water partition coefficient (Wildman–Crippen LogP) is -3.38. The highest BCUT2D eigenvalue weighted by Crippen LogP contribution is 2.59. The molecule has 4 unspecified atom stereocenters. The van der Waals surface area contributed by atoms with E-state index in [0.717, 1.165) is 0 Å². The quantitative estimate of drug-likeness (QED) is 0.0248. The Morgan fingerprint density at radius 2 is 1.10 bits per heavy atom. The molecular weight excluding hydrogens is 1470 g/mol. The normalized spacial score (nSPS) is 26.8. The summed E-state index contributed by atoms with van der Waals surface area (Å²) < 4.78 is 106. The molecule has 5 aliphatic heterocycles. The molecule has 45 nitrogen and oxygen atoms in total. The maximum atomic E-state index is 13.0. The van der Waals surface area contributed by atoms with Crippen LogP contribution in [0.4, 0.5) is 21.2 Å². The van der Waals surface area contributed by atoms with Gasteiger partial charge in [-0.3, -0.25) is 46.7 Å². The lowest BCUT2D eigenvalue weighted by atomic mass is 10.1. The van der Waals surface area contributed by atoms with E-state index in [0.29, 0.717) is 23.1 Å². The van der Waals surface area contributed by atoms with Gasteiger partial charge in [-0.2, -0.15) is 9.13 Å². The number of phosphoric ester groups is 3. The van der Waals surface area contributed by atoms with E-state index in [2.05, 4.69) is 44.2 Å². The van der Waals surface area contributed by atoms with Crippen molar-refractivity contribution in [1.82, 2.24) is 59.0 Å². The van der Waals surface area contributed by atoms with Crippen LogP contribution in [-0.2, 0) is 64.4 Å². The molecule has 572 valence electrons. The summed E-state index contributed by atoms with van der Waals surface area (Å²) in [7, 11) is -20.3. The first kappa shape index (κ1) is 80.7. The van der Waals surface area contributed by atoms with E-state index >= 15 is 0 Å². The summed E-state index contributed by atoms with van der Waals surface area (Å²) in [6.45, 7) is 8.84. The summed E-state index contributed by atoms with van der Waals surface area (Å²) in [6.07, 6.45) is -1.65. The number of morpholine rings is 1. The number of imidazole rings is 2. The van der Waals surface area contributed by atoms with Crippen LogP contribution in [0.25, 0.3) is 22.3 Å². The molecule has 5 fully saturated rings. The molecule has 0 spiro atoms. The van der Waals surface area contributed by atoms with E-state index in [9.17, 15) is 77.4 Å².